The lowest BCUT2D eigenvalue weighted by Gasteiger charge is -2.27. The van der Waals surface area contributed by atoms with E-state index in [2.05, 4.69) is 10.3 Å². The molecule has 1 aromatic rings. The summed E-state index contributed by atoms with van der Waals surface area (Å²) in [5, 5.41) is 3.31. The quantitative estimate of drug-likeness (QED) is 0.817. The summed E-state index contributed by atoms with van der Waals surface area (Å²) < 4.78 is 0. The molecule has 0 radical (unpaired) electrons. The molecule has 18 heavy (non-hydrogen) atoms. The topological polar surface area (TPSA) is 65.2 Å². The van der Waals surface area contributed by atoms with Gasteiger partial charge in [0.1, 0.15) is 5.69 Å². The third-order valence-corrected chi connectivity index (χ3v) is 3.34. The van der Waals surface area contributed by atoms with Crippen LogP contribution in [0.4, 0.5) is 0 Å². The van der Waals surface area contributed by atoms with Crippen molar-refractivity contribution in [2.45, 2.75) is 12.8 Å². The van der Waals surface area contributed by atoms with Gasteiger partial charge in [-0.25, -0.2) is 0 Å². The smallest absolute Gasteiger partial charge is 0.270 e. The zero-order valence-corrected chi connectivity index (χ0v) is 10.6. The second kappa shape index (κ2) is 5.82. The van der Waals surface area contributed by atoms with Crippen LogP contribution in [0.15, 0.2) is 23.0 Å². The van der Waals surface area contributed by atoms with Crippen molar-refractivity contribution in [3.8, 4) is 0 Å². The van der Waals surface area contributed by atoms with Gasteiger partial charge in [-0.15, -0.1) is 0 Å². The molecule has 0 aliphatic carbocycles. The Labute approximate surface area is 106 Å². The van der Waals surface area contributed by atoms with E-state index < -0.39 is 0 Å². The molecule has 0 spiro atoms. The van der Waals surface area contributed by atoms with Crippen LogP contribution in [0.2, 0.25) is 0 Å². The predicted octanol–water partition coefficient (Wildman–Crippen LogP) is 0.446. The summed E-state index contributed by atoms with van der Waals surface area (Å²) in [4.78, 5) is 27.5. The Morgan fingerprint density at radius 2 is 2.11 bits per heavy atom. The molecule has 2 N–H and O–H groups in total. The van der Waals surface area contributed by atoms with E-state index >= 15 is 0 Å². The number of rotatable bonds is 3. The molecule has 1 fully saturated rings. The maximum atomic E-state index is 12.1. The number of nitrogens with zero attached hydrogens (tertiary/aromatic N) is 1. The lowest BCUT2D eigenvalue weighted by atomic mass is 9.97. The van der Waals surface area contributed by atoms with Gasteiger partial charge in [-0.1, -0.05) is 6.07 Å². The number of H-pyrrole nitrogens is 1. The van der Waals surface area contributed by atoms with E-state index in [1.165, 1.54) is 6.07 Å². The second-order valence-corrected chi connectivity index (χ2v) is 4.81. The van der Waals surface area contributed by atoms with Crippen LogP contribution in [0.3, 0.4) is 0 Å². The van der Waals surface area contributed by atoms with Gasteiger partial charge in [0.25, 0.3) is 5.91 Å². The molecular formula is C13H19N3O2. The molecule has 2 rings (SSSR count). The van der Waals surface area contributed by atoms with Crippen molar-refractivity contribution in [2.75, 3.05) is 26.7 Å². The Bertz CT molecular complexity index is 463. The number of aromatic amines is 1. The Morgan fingerprint density at radius 3 is 2.78 bits per heavy atom. The average Bonchev–Trinajstić information content (AvgIpc) is 2.39. The Kier molecular flexibility index (Phi) is 4.15. The maximum absolute atomic E-state index is 12.1. The third-order valence-electron chi connectivity index (χ3n) is 3.34. The van der Waals surface area contributed by atoms with Crippen LogP contribution >= 0.6 is 0 Å². The van der Waals surface area contributed by atoms with Crippen molar-refractivity contribution in [2.24, 2.45) is 5.92 Å². The van der Waals surface area contributed by atoms with E-state index in [9.17, 15) is 9.59 Å². The Hall–Kier alpha value is -1.62. The summed E-state index contributed by atoms with van der Waals surface area (Å²) in [6.07, 6.45) is 2.20. The predicted molar refractivity (Wildman–Crippen MR) is 69.6 cm³/mol. The molecule has 1 aliphatic heterocycles. The van der Waals surface area contributed by atoms with E-state index in [0.717, 1.165) is 32.5 Å². The first-order valence-corrected chi connectivity index (χ1v) is 6.32. The summed E-state index contributed by atoms with van der Waals surface area (Å²) >= 11 is 0. The van der Waals surface area contributed by atoms with Crippen molar-refractivity contribution in [1.82, 2.24) is 15.2 Å². The molecule has 1 aromatic heterocycles. The van der Waals surface area contributed by atoms with Crippen LogP contribution < -0.4 is 10.9 Å². The molecule has 98 valence electrons. The molecular weight excluding hydrogens is 230 g/mol. The lowest BCUT2D eigenvalue weighted by Crippen LogP contribution is -2.37. The zero-order valence-electron chi connectivity index (χ0n) is 10.6. The van der Waals surface area contributed by atoms with Crippen molar-refractivity contribution >= 4 is 5.91 Å². The van der Waals surface area contributed by atoms with Gasteiger partial charge in [0.05, 0.1) is 0 Å². The summed E-state index contributed by atoms with van der Waals surface area (Å²) in [5.41, 5.74) is 0.120. The van der Waals surface area contributed by atoms with Crippen LogP contribution in [0.5, 0.6) is 0 Å². The molecule has 1 aliphatic rings. The molecule has 5 nitrogen and oxygen atoms in total. The Morgan fingerprint density at radius 1 is 1.39 bits per heavy atom. The minimum absolute atomic E-state index is 0.119. The highest BCUT2D eigenvalue weighted by Gasteiger charge is 2.19. The maximum Gasteiger partial charge on any atom is 0.270 e. The van der Waals surface area contributed by atoms with E-state index in [4.69, 9.17) is 0 Å². The van der Waals surface area contributed by atoms with Crippen LogP contribution in [0.1, 0.15) is 23.3 Å². The van der Waals surface area contributed by atoms with Gasteiger partial charge in [0, 0.05) is 19.7 Å². The van der Waals surface area contributed by atoms with Gasteiger partial charge < -0.3 is 15.2 Å². The summed E-state index contributed by atoms with van der Waals surface area (Å²) in [6.45, 7) is 2.79. The SMILES string of the molecule is CN(CC1CCNCC1)C(=O)c1cccc(=O)[nH]1. The monoisotopic (exact) mass is 249 g/mol. The summed E-state index contributed by atoms with van der Waals surface area (Å²) in [6, 6.07) is 4.65. The highest BCUT2D eigenvalue weighted by Crippen LogP contribution is 2.13. The molecule has 1 saturated heterocycles. The van der Waals surface area contributed by atoms with E-state index in [-0.39, 0.29) is 11.5 Å². The van der Waals surface area contributed by atoms with E-state index in [0.29, 0.717) is 11.6 Å². The third kappa shape index (κ3) is 3.20. The zero-order chi connectivity index (χ0) is 13.0. The highest BCUT2D eigenvalue weighted by molar-refractivity contribution is 5.92. The van der Waals surface area contributed by atoms with Crippen molar-refractivity contribution in [1.29, 1.82) is 0 Å². The van der Waals surface area contributed by atoms with Crippen molar-refractivity contribution in [3.05, 3.63) is 34.2 Å². The van der Waals surface area contributed by atoms with Gasteiger partial charge in [-0.2, -0.15) is 0 Å². The van der Waals surface area contributed by atoms with Crippen LogP contribution in [0, 0.1) is 5.92 Å². The van der Waals surface area contributed by atoms with Crippen LogP contribution in [0.25, 0.3) is 0 Å². The standard InChI is InChI=1S/C13H19N3O2/c1-16(9-10-5-7-14-8-6-10)13(18)11-3-2-4-12(17)15-11/h2-4,10,14H,5-9H2,1H3,(H,15,17). The fourth-order valence-corrected chi connectivity index (χ4v) is 2.31. The number of pyridine rings is 1. The molecule has 1 amide bonds. The minimum Gasteiger partial charge on any atom is -0.340 e. The Balaban J connectivity index is 1.97. The van der Waals surface area contributed by atoms with Gasteiger partial charge in [-0.3, -0.25) is 9.59 Å². The number of carbonyl (C=O) groups is 1. The van der Waals surface area contributed by atoms with Crippen molar-refractivity contribution in [3.63, 3.8) is 0 Å². The number of carbonyl (C=O) groups excluding carboxylic acids is 1. The summed E-state index contributed by atoms with van der Waals surface area (Å²) in [7, 11) is 1.79. The number of amides is 1. The van der Waals surface area contributed by atoms with Gasteiger partial charge in [0.2, 0.25) is 5.56 Å². The number of piperidine rings is 1. The van der Waals surface area contributed by atoms with Gasteiger partial charge >= 0.3 is 0 Å². The number of hydrogen-bond donors (Lipinski definition) is 2. The fourth-order valence-electron chi connectivity index (χ4n) is 2.31. The molecule has 2 heterocycles. The summed E-state index contributed by atoms with van der Waals surface area (Å²) in [5.74, 6) is 0.432. The van der Waals surface area contributed by atoms with E-state index in [1.807, 2.05) is 0 Å². The van der Waals surface area contributed by atoms with Gasteiger partial charge in [0.15, 0.2) is 0 Å². The van der Waals surface area contributed by atoms with Gasteiger partial charge in [-0.05, 0) is 37.9 Å². The average molecular weight is 249 g/mol. The molecule has 0 saturated carbocycles. The molecule has 0 atom stereocenters. The van der Waals surface area contributed by atoms with Crippen molar-refractivity contribution < 1.29 is 4.79 Å². The first kappa shape index (κ1) is 12.8. The highest BCUT2D eigenvalue weighted by atomic mass is 16.2. The normalized spacial score (nSPS) is 16.5. The number of nitrogens with one attached hydrogen (secondary N) is 2. The van der Waals surface area contributed by atoms with E-state index in [1.54, 1.807) is 24.1 Å². The minimum atomic E-state index is -0.240. The molecule has 0 unspecified atom stereocenters. The molecule has 0 aromatic carbocycles. The number of aromatic nitrogens is 1. The molecule has 5 heteroatoms. The van der Waals surface area contributed by atoms with Crippen LogP contribution in [-0.2, 0) is 0 Å². The first-order chi connectivity index (χ1) is 8.66. The molecule has 0 bridgehead atoms. The second-order valence-electron chi connectivity index (χ2n) is 4.81. The van der Waals surface area contributed by atoms with Crippen LogP contribution in [-0.4, -0.2) is 42.5 Å². The number of hydrogen-bond acceptors (Lipinski definition) is 3. The first-order valence-electron chi connectivity index (χ1n) is 6.32. The largest absolute Gasteiger partial charge is 0.340 e. The lowest BCUT2D eigenvalue weighted by molar-refractivity contribution is 0.0756. The fraction of sp³-hybridized carbons (Fsp3) is 0.538.